The highest BCUT2D eigenvalue weighted by Crippen LogP contribution is 2.48. The molecule has 2 aliphatic carbocycles. The Balaban J connectivity index is 1.66. The van der Waals surface area contributed by atoms with Crippen molar-refractivity contribution in [3.05, 3.63) is 0 Å². The molecule has 0 bridgehead atoms. The van der Waals surface area contributed by atoms with Crippen molar-refractivity contribution in [2.75, 3.05) is 13.1 Å². The summed E-state index contributed by atoms with van der Waals surface area (Å²) in [5, 5.41) is 6.77. The van der Waals surface area contributed by atoms with Gasteiger partial charge in [-0.15, -0.1) is 0 Å². The first-order chi connectivity index (χ1) is 9.69. The zero-order valence-electron chi connectivity index (χ0n) is 12.9. The van der Waals surface area contributed by atoms with Gasteiger partial charge in [0.25, 0.3) is 0 Å². The van der Waals surface area contributed by atoms with Crippen LogP contribution < -0.4 is 10.6 Å². The van der Waals surface area contributed by atoms with Crippen LogP contribution in [-0.2, 0) is 4.79 Å². The monoisotopic (exact) mass is 278 g/mol. The predicted octanol–water partition coefficient (Wildman–Crippen LogP) is 2.85. The minimum atomic E-state index is 0.165. The van der Waals surface area contributed by atoms with Gasteiger partial charge in [0.2, 0.25) is 5.91 Å². The van der Waals surface area contributed by atoms with E-state index in [-0.39, 0.29) is 11.4 Å². The van der Waals surface area contributed by atoms with E-state index in [0.717, 1.165) is 17.8 Å². The fourth-order valence-electron chi connectivity index (χ4n) is 4.73. The van der Waals surface area contributed by atoms with Gasteiger partial charge < -0.3 is 10.6 Å². The first-order valence-corrected chi connectivity index (χ1v) is 8.68. The molecule has 3 nitrogen and oxygen atoms in total. The van der Waals surface area contributed by atoms with Gasteiger partial charge in [0, 0.05) is 12.5 Å². The van der Waals surface area contributed by atoms with Gasteiger partial charge in [0.1, 0.15) is 0 Å². The third kappa shape index (κ3) is 3.36. The minimum absolute atomic E-state index is 0.165. The second kappa shape index (κ2) is 6.05. The van der Waals surface area contributed by atoms with Crippen LogP contribution in [0.2, 0.25) is 0 Å². The van der Waals surface area contributed by atoms with E-state index in [1.165, 1.54) is 70.9 Å². The van der Waals surface area contributed by atoms with Crippen molar-refractivity contribution in [2.45, 2.75) is 70.3 Å². The Morgan fingerprint density at radius 1 is 1.15 bits per heavy atom. The molecule has 114 valence electrons. The topological polar surface area (TPSA) is 41.1 Å². The molecule has 3 fully saturated rings. The second-order valence-electron chi connectivity index (χ2n) is 7.46. The normalized spacial score (nSPS) is 28.2. The van der Waals surface area contributed by atoms with E-state index in [9.17, 15) is 4.79 Å². The van der Waals surface area contributed by atoms with E-state index in [1.807, 2.05) is 0 Å². The van der Waals surface area contributed by atoms with Crippen LogP contribution in [0.25, 0.3) is 0 Å². The van der Waals surface area contributed by atoms with Gasteiger partial charge in [-0.1, -0.05) is 25.7 Å². The zero-order chi connectivity index (χ0) is 14.0. The summed E-state index contributed by atoms with van der Waals surface area (Å²) in [4.78, 5) is 11.5. The van der Waals surface area contributed by atoms with Crippen molar-refractivity contribution < 1.29 is 4.79 Å². The Kier molecular flexibility index (Phi) is 4.34. The lowest BCUT2D eigenvalue weighted by atomic mass is 9.72. The van der Waals surface area contributed by atoms with Crippen molar-refractivity contribution in [1.82, 2.24) is 10.6 Å². The first-order valence-electron chi connectivity index (χ1n) is 8.68. The van der Waals surface area contributed by atoms with Crippen molar-refractivity contribution in [2.24, 2.45) is 17.8 Å². The largest absolute Gasteiger partial charge is 0.351 e. The molecule has 2 saturated carbocycles. The van der Waals surface area contributed by atoms with Gasteiger partial charge in [0.05, 0.1) is 0 Å². The molecule has 0 aromatic heterocycles. The molecular weight excluding hydrogens is 248 g/mol. The highest BCUT2D eigenvalue weighted by molar-refractivity contribution is 5.74. The molecule has 0 radical (unpaired) electrons. The fraction of sp³-hybridized carbons (Fsp3) is 0.941. The highest BCUT2D eigenvalue weighted by Gasteiger charge is 2.47. The Hall–Kier alpha value is -0.570. The van der Waals surface area contributed by atoms with Gasteiger partial charge in [-0.2, -0.15) is 0 Å². The van der Waals surface area contributed by atoms with Gasteiger partial charge in [-0.25, -0.2) is 0 Å². The molecule has 3 aliphatic rings. The number of carbonyl (C=O) groups excluding carboxylic acids is 1. The fourth-order valence-corrected chi connectivity index (χ4v) is 4.73. The quantitative estimate of drug-likeness (QED) is 0.812. The van der Waals surface area contributed by atoms with Crippen molar-refractivity contribution in [3.8, 4) is 0 Å². The van der Waals surface area contributed by atoms with E-state index >= 15 is 0 Å². The summed E-state index contributed by atoms with van der Waals surface area (Å²) in [6.45, 7) is 4.07. The summed E-state index contributed by atoms with van der Waals surface area (Å²) in [5.41, 5.74) is 0.184. The third-order valence-corrected chi connectivity index (χ3v) is 5.92. The van der Waals surface area contributed by atoms with Crippen LogP contribution in [-0.4, -0.2) is 24.5 Å². The van der Waals surface area contributed by atoms with E-state index in [2.05, 4.69) is 10.6 Å². The summed E-state index contributed by atoms with van der Waals surface area (Å²) in [6, 6.07) is 0. The van der Waals surface area contributed by atoms with Crippen LogP contribution in [0.3, 0.4) is 0 Å². The van der Waals surface area contributed by atoms with Crippen molar-refractivity contribution in [3.63, 3.8) is 0 Å². The number of amides is 1. The number of hydrogen-bond acceptors (Lipinski definition) is 2. The van der Waals surface area contributed by atoms with Crippen LogP contribution >= 0.6 is 0 Å². The molecule has 0 unspecified atom stereocenters. The standard InChI is InChI=1S/C17H30N2O/c1-13(20)19-17(8-9-17)12-16(14-4-2-3-5-14)15-6-10-18-11-7-15/h14-16,18H,2-12H2,1H3,(H,19,20)/t16-/m0/s1. The average Bonchev–Trinajstić information content (AvgIpc) is 2.98. The maximum absolute atomic E-state index is 11.5. The Morgan fingerprint density at radius 2 is 1.75 bits per heavy atom. The molecule has 0 aromatic rings. The van der Waals surface area contributed by atoms with Crippen molar-refractivity contribution in [1.29, 1.82) is 0 Å². The number of carbonyl (C=O) groups is 1. The number of piperidine rings is 1. The first kappa shape index (κ1) is 14.4. The molecule has 20 heavy (non-hydrogen) atoms. The minimum Gasteiger partial charge on any atom is -0.351 e. The molecule has 3 heteroatoms. The van der Waals surface area contributed by atoms with Crippen LogP contribution in [0.5, 0.6) is 0 Å². The van der Waals surface area contributed by atoms with E-state index in [1.54, 1.807) is 6.92 Å². The van der Waals surface area contributed by atoms with Gasteiger partial charge >= 0.3 is 0 Å². The van der Waals surface area contributed by atoms with Crippen LogP contribution in [0, 0.1) is 17.8 Å². The van der Waals surface area contributed by atoms with E-state index in [0.29, 0.717) is 0 Å². The Labute approximate surface area is 123 Å². The molecule has 1 amide bonds. The summed E-state index contributed by atoms with van der Waals surface area (Å²) in [5.74, 6) is 2.85. The smallest absolute Gasteiger partial charge is 0.217 e. The zero-order valence-corrected chi connectivity index (χ0v) is 12.9. The lowest BCUT2D eigenvalue weighted by molar-refractivity contribution is -0.120. The SMILES string of the molecule is CC(=O)NC1(C[C@@H](C2CCCC2)C2CCNCC2)CC1. The Morgan fingerprint density at radius 3 is 2.30 bits per heavy atom. The Bertz CT molecular complexity index is 339. The average molecular weight is 278 g/mol. The lowest BCUT2D eigenvalue weighted by Gasteiger charge is -2.37. The predicted molar refractivity (Wildman–Crippen MR) is 81.4 cm³/mol. The van der Waals surface area contributed by atoms with Gasteiger partial charge in [-0.3, -0.25) is 4.79 Å². The summed E-state index contributed by atoms with van der Waals surface area (Å²) >= 11 is 0. The maximum atomic E-state index is 11.5. The molecular formula is C17H30N2O. The number of hydrogen-bond donors (Lipinski definition) is 2. The summed E-state index contributed by atoms with van der Waals surface area (Å²) in [6.07, 6.45) is 12.1. The highest BCUT2D eigenvalue weighted by atomic mass is 16.1. The van der Waals surface area contributed by atoms with Gasteiger partial charge in [-0.05, 0) is 62.9 Å². The molecule has 1 aliphatic heterocycles. The van der Waals surface area contributed by atoms with Crippen LogP contribution in [0.15, 0.2) is 0 Å². The molecule has 2 N–H and O–H groups in total. The molecule has 3 rings (SSSR count). The van der Waals surface area contributed by atoms with Crippen LogP contribution in [0.1, 0.15) is 64.7 Å². The van der Waals surface area contributed by atoms with Crippen LogP contribution in [0.4, 0.5) is 0 Å². The van der Waals surface area contributed by atoms with Crippen molar-refractivity contribution >= 4 is 5.91 Å². The molecule has 0 aromatic carbocycles. The van der Waals surface area contributed by atoms with Gasteiger partial charge in [0.15, 0.2) is 0 Å². The molecule has 1 heterocycles. The lowest BCUT2D eigenvalue weighted by Crippen LogP contribution is -2.41. The summed E-state index contributed by atoms with van der Waals surface area (Å²) in [7, 11) is 0. The van der Waals surface area contributed by atoms with E-state index in [4.69, 9.17) is 0 Å². The maximum Gasteiger partial charge on any atom is 0.217 e. The van der Waals surface area contributed by atoms with E-state index < -0.39 is 0 Å². The number of rotatable bonds is 5. The molecule has 0 spiro atoms. The number of nitrogens with one attached hydrogen (secondary N) is 2. The molecule has 1 atom stereocenters. The summed E-state index contributed by atoms with van der Waals surface area (Å²) < 4.78 is 0. The second-order valence-corrected chi connectivity index (χ2v) is 7.46. The third-order valence-electron chi connectivity index (χ3n) is 5.92. The molecule has 1 saturated heterocycles.